The van der Waals surface area contributed by atoms with Crippen LogP contribution < -0.4 is 5.32 Å². The Morgan fingerprint density at radius 1 is 1.50 bits per heavy atom. The van der Waals surface area contributed by atoms with Crippen molar-refractivity contribution in [1.29, 1.82) is 0 Å². The van der Waals surface area contributed by atoms with Gasteiger partial charge in [-0.25, -0.2) is 0 Å². The van der Waals surface area contributed by atoms with E-state index < -0.39 is 0 Å². The highest BCUT2D eigenvalue weighted by Gasteiger charge is 2.24. The lowest BCUT2D eigenvalue weighted by Gasteiger charge is -2.21. The Kier molecular flexibility index (Phi) is 5.78. The summed E-state index contributed by atoms with van der Waals surface area (Å²) in [5.41, 5.74) is 2.06. The summed E-state index contributed by atoms with van der Waals surface area (Å²) < 4.78 is 4.82. The SMILES string of the molecule is CCC(C)C(NCc1ccc(C)cn1)C(=O)OC. The van der Waals surface area contributed by atoms with Crippen molar-refractivity contribution in [1.82, 2.24) is 10.3 Å². The molecule has 100 valence electrons. The average Bonchev–Trinajstić information content (AvgIpc) is 2.40. The van der Waals surface area contributed by atoms with Gasteiger partial charge >= 0.3 is 5.97 Å². The Bertz CT molecular complexity index is 376. The van der Waals surface area contributed by atoms with Crippen LogP contribution in [0.3, 0.4) is 0 Å². The third kappa shape index (κ3) is 4.11. The number of nitrogens with zero attached hydrogens (tertiary/aromatic N) is 1. The first-order valence-corrected chi connectivity index (χ1v) is 6.31. The largest absolute Gasteiger partial charge is 0.468 e. The molecule has 18 heavy (non-hydrogen) atoms. The fourth-order valence-electron chi connectivity index (χ4n) is 1.70. The maximum atomic E-state index is 11.7. The molecular weight excluding hydrogens is 228 g/mol. The van der Waals surface area contributed by atoms with Gasteiger partial charge in [-0.3, -0.25) is 15.1 Å². The molecule has 0 aliphatic rings. The fourth-order valence-corrected chi connectivity index (χ4v) is 1.70. The molecule has 1 aromatic rings. The van der Waals surface area contributed by atoms with Crippen molar-refractivity contribution in [3.8, 4) is 0 Å². The van der Waals surface area contributed by atoms with Gasteiger partial charge in [0.25, 0.3) is 0 Å². The molecule has 0 aliphatic heterocycles. The van der Waals surface area contributed by atoms with Crippen LogP contribution in [0.4, 0.5) is 0 Å². The third-order valence-electron chi connectivity index (χ3n) is 3.14. The Morgan fingerprint density at radius 3 is 2.72 bits per heavy atom. The predicted molar refractivity (Wildman–Crippen MR) is 71.1 cm³/mol. The number of rotatable bonds is 6. The van der Waals surface area contributed by atoms with Crippen molar-refractivity contribution in [3.05, 3.63) is 29.6 Å². The van der Waals surface area contributed by atoms with Crippen LogP contribution in [0.1, 0.15) is 31.5 Å². The summed E-state index contributed by atoms with van der Waals surface area (Å²) in [5.74, 6) is 0.0272. The van der Waals surface area contributed by atoms with Crippen LogP contribution in [-0.4, -0.2) is 24.1 Å². The minimum absolute atomic E-state index is 0.212. The van der Waals surface area contributed by atoms with Crippen LogP contribution >= 0.6 is 0 Å². The Morgan fingerprint density at radius 2 is 2.22 bits per heavy atom. The number of nitrogens with one attached hydrogen (secondary N) is 1. The quantitative estimate of drug-likeness (QED) is 0.785. The molecule has 2 unspecified atom stereocenters. The number of aromatic nitrogens is 1. The maximum absolute atomic E-state index is 11.7. The fraction of sp³-hybridized carbons (Fsp3) is 0.571. The Labute approximate surface area is 109 Å². The molecule has 4 nitrogen and oxygen atoms in total. The van der Waals surface area contributed by atoms with Crippen molar-refractivity contribution in [3.63, 3.8) is 0 Å². The topological polar surface area (TPSA) is 51.2 Å². The zero-order valence-electron chi connectivity index (χ0n) is 11.6. The highest BCUT2D eigenvalue weighted by atomic mass is 16.5. The lowest BCUT2D eigenvalue weighted by Crippen LogP contribution is -2.42. The summed E-state index contributed by atoms with van der Waals surface area (Å²) in [6, 6.07) is 3.70. The molecule has 1 rings (SSSR count). The molecule has 0 aromatic carbocycles. The monoisotopic (exact) mass is 250 g/mol. The van der Waals surface area contributed by atoms with Crippen molar-refractivity contribution in [2.75, 3.05) is 7.11 Å². The van der Waals surface area contributed by atoms with E-state index in [9.17, 15) is 4.79 Å². The first-order chi connectivity index (χ1) is 8.58. The number of hydrogen-bond donors (Lipinski definition) is 1. The molecule has 0 aliphatic carbocycles. The second kappa shape index (κ2) is 7.11. The zero-order chi connectivity index (χ0) is 13.5. The molecule has 0 radical (unpaired) electrons. The molecule has 0 fully saturated rings. The lowest BCUT2D eigenvalue weighted by atomic mass is 9.99. The van der Waals surface area contributed by atoms with Crippen molar-refractivity contribution in [2.24, 2.45) is 5.92 Å². The third-order valence-corrected chi connectivity index (χ3v) is 3.14. The lowest BCUT2D eigenvalue weighted by molar-refractivity contribution is -0.144. The van der Waals surface area contributed by atoms with Gasteiger partial charge in [0.15, 0.2) is 0 Å². The van der Waals surface area contributed by atoms with Gasteiger partial charge in [-0.15, -0.1) is 0 Å². The van der Waals surface area contributed by atoms with E-state index in [1.807, 2.05) is 32.2 Å². The van der Waals surface area contributed by atoms with E-state index in [-0.39, 0.29) is 17.9 Å². The van der Waals surface area contributed by atoms with E-state index in [1.165, 1.54) is 7.11 Å². The van der Waals surface area contributed by atoms with Crippen LogP contribution in [0, 0.1) is 12.8 Å². The number of ether oxygens (including phenoxy) is 1. The van der Waals surface area contributed by atoms with Gasteiger partial charge in [0.1, 0.15) is 6.04 Å². The van der Waals surface area contributed by atoms with Crippen LogP contribution in [0.15, 0.2) is 18.3 Å². The van der Waals surface area contributed by atoms with Gasteiger partial charge in [0, 0.05) is 12.7 Å². The van der Waals surface area contributed by atoms with E-state index in [2.05, 4.69) is 17.2 Å². The number of hydrogen-bond acceptors (Lipinski definition) is 4. The predicted octanol–water partition coefficient (Wildman–Crippen LogP) is 2.07. The molecule has 0 amide bonds. The molecule has 0 spiro atoms. The zero-order valence-corrected chi connectivity index (χ0v) is 11.6. The summed E-state index contributed by atoms with van der Waals surface area (Å²) in [4.78, 5) is 16.0. The van der Waals surface area contributed by atoms with Crippen molar-refractivity contribution >= 4 is 5.97 Å². The molecule has 0 bridgehead atoms. The molecule has 2 atom stereocenters. The maximum Gasteiger partial charge on any atom is 0.323 e. The van der Waals surface area contributed by atoms with Crippen molar-refractivity contribution < 1.29 is 9.53 Å². The summed E-state index contributed by atoms with van der Waals surface area (Å²) in [6.07, 6.45) is 2.75. The first-order valence-electron chi connectivity index (χ1n) is 6.31. The average molecular weight is 250 g/mol. The molecular formula is C14H22N2O2. The minimum Gasteiger partial charge on any atom is -0.468 e. The second-order valence-electron chi connectivity index (χ2n) is 4.59. The number of esters is 1. The van der Waals surface area contributed by atoms with Gasteiger partial charge in [-0.2, -0.15) is 0 Å². The van der Waals surface area contributed by atoms with Crippen molar-refractivity contribution in [2.45, 2.75) is 39.8 Å². The van der Waals surface area contributed by atoms with E-state index in [0.29, 0.717) is 6.54 Å². The number of carbonyl (C=O) groups is 1. The van der Waals surface area contributed by atoms with Gasteiger partial charge < -0.3 is 4.74 Å². The Balaban J connectivity index is 2.61. The molecule has 1 aromatic heterocycles. The van der Waals surface area contributed by atoms with Gasteiger partial charge in [0.05, 0.1) is 12.8 Å². The first kappa shape index (κ1) is 14.6. The summed E-state index contributed by atoms with van der Waals surface area (Å²) >= 11 is 0. The number of carbonyl (C=O) groups excluding carboxylic acids is 1. The number of aryl methyl sites for hydroxylation is 1. The number of methoxy groups -OCH3 is 1. The highest BCUT2D eigenvalue weighted by Crippen LogP contribution is 2.10. The minimum atomic E-state index is -0.275. The molecule has 1 N–H and O–H groups in total. The van der Waals surface area contributed by atoms with Crippen LogP contribution in [0.25, 0.3) is 0 Å². The molecule has 1 heterocycles. The number of pyridine rings is 1. The highest BCUT2D eigenvalue weighted by molar-refractivity contribution is 5.75. The molecule has 0 saturated heterocycles. The van der Waals surface area contributed by atoms with Crippen LogP contribution in [0.2, 0.25) is 0 Å². The normalized spacial score (nSPS) is 14.0. The van der Waals surface area contributed by atoms with E-state index in [1.54, 1.807) is 0 Å². The molecule has 4 heteroatoms. The van der Waals surface area contributed by atoms with Crippen LogP contribution in [-0.2, 0) is 16.1 Å². The van der Waals surface area contributed by atoms with E-state index in [4.69, 9.17) is 4.74 Å². The van der Waals surface area contributed by atoms with E-state index >= 15 is 0 Å². The second-order valence-corrected chi connectivity index (χ2v) is 4.59. The smallest absolute Gasteiger partial charge is 0.323 e. The van der Waals surface area contributed by atoms with Gasteiger partial charge in [-0.1, -0.05) is 26.3 Å². The standard InChI is InChI=1S/C14H22N2O2/c1-5-11(3)13(14(17)18-4)16-9-12-7-6-10(2)8-15-12/h6-8,11,13,16H,5,9H2,1-4H3. The van der Waals surface area contributed by atoms with Gasteiger partial charge in [-0.05, 0) is 24.5 Å². The van der Waals surface area contributed by atoms with E-state index in [0.717, 1.165) is 17.7 Å². The van der Waals surface area contributed by atoms with Gasteiger partial charge in [0.2, 0.25) is 0 Å². The van der Waals surface area contributed by atoms with Crippen LogP contribution in [0.5, 0.6) is 0 Å². The molecule has 0 saturated carbocycles. The summed E-state index contributed by atoms with van der Waals surface area (Å²) in [6.45, 7) is 6.68. The summed E-state index contributed by atoms with van der Waals surface area (Å²) in [5, 5.41) is 3.22. The summed E-state index contributed by atoms with van der Waals surface area (Å²) in [7, 11) is 1.42. The Hall–Kier alpha value is -1.42.